The Balaban J connectivity index is 2.40. The highest BCUT2D eigenvalue weighted by Crippen LogP contribution is 2.32. The van der Waals surface area contributed by atoms with Crippen LogP contribution in [-0.4, -0.2) is 17.5 Å². The summed E-state index contributed by atoms with van der Waals surface area (Å²) in [6.07, 6.45) is 0. The highest BCUT2D eigenvalue weighted by atomic mass is 79.9. The van der Waals surface area contributed by atoms with E-state index in [1.165, 1.54) is 0 Å². The van der Waals surface area contributed by atoms with E-state index < -0.39 is 0 Å². The van der Waals surface area contributed by atoms with Crippen LogP contribution >= 0.6 is 15.9 Å². The molecule has 0 bridgehead atoms. The molecule has 0 saturated carbocycles. The van der Waals surface area contributed by atoms with Crippen molar-refractivity contribution in [2.45, 2.75) is 13.8 Å². The van der Waals surface area contributed by atoms with Crippen molar-refractivity contribution in [1.29, 1.82) is 0 Å². The van der Waals surface area contributed by atoms with Gasteiger partial charge in [0.25, 0.3) is 0 Å². The second kappa shape index (κ2) is 5.61. The van der Waals surface area contributed by atoms with Crippen LogP contribution in [-0.2, 0) is 0 Å². The van der Waals surface area contributed by atoms with Gasteiger partial charge in [0.2, 0.25) is 0 Å². The van der Waals surface area contributed by atoms with Crippen LogP contribution in [0.3, 0.4) is 0 Å². The van der Waals surface area contributed by atoms with Crippen molar-refractivity contribution in [3.05, 3.63) is 58.2 Å². The first-order valence-electron chi connectivity index (χ1n) is 6.99. The first-order valence-corrected chi connectivity index (χ1v) is 7.78. The van der Waals surface area contributed by atoms with Crippen molar-refractivity contribution in [2.24, 2.45) is 0 Å². The molecule has 4 heteroatoms. The van der Waals surface area contributed by atoms with E-state index >= 15 is 0 Å². The lowest BCUT2D eigenvalue weighted by molar-refractivity contribution is 0.101. The number of nitrogens with zero attached hydrogens (tertiary/aromatic N) is 1. The minimum atomic E-state index is 0.0597. The number of methoxy groups -OCH3 is 1. The lowest BCUT2D eigenvalue weighted by Gasteiger charge is -2.09. The number of fused-ring (bicyclic) bond motifs is 1. The van der Waals surface area contributed by atoms with Crippen molar-refractivity contribution in [3.8, 4) is 11.4 Å². The van der Waals surface area contributed by atoms with Crippen LogP contribution in [0.2, 0.25) is 0 Å². The Morgan fingerprint density at radius 3 is 2.59 bits per heavy atom. The number of hydrogen-bond acceptors (Lipinski definition) is 2. The number of carbonyl (C=O) groups is 1. The van der Waals surface area contributed by atoms with E-state index in [1.807, 2.05) is 49.4 Å². The zero-order valence-corrected chi connectivity index (χ0v) is 14.3. The molecule has 112 valence electrons. The summed E-state index contributed by atoms with van der Waals surface area (Å²) in [4.78, 5) is 12.1. The van der Waals surface area contributed by atoms with E-state index in [4.69, 9.17) is 4.74 Å². The van der Waals surface area contributed by atoms with Gasteiger partial charge in [0.15, 0.2) is 5.78 Å². The number of ketones is 1. The van der Waals surface area contributed by atoms with Crippen LogP contribution < -0.4 is 4.74 Å². The fraction of sp³-hybridized carbons (Fsp3) is 0.167. The molecule has 0 aliphatic rings. The highest BCUT2D eigenvalue weighted by molar-refractivity contribution is 9.10. The van der Waals surface area contributed by atoms with Crippen molar-refractivity contribution in [1.82, 2.24) is 4.57 Å². The second-order valence-electron chi connectivity index (χ2n) is 5.21. The van der Waals surface area contributed by atoms with E-state index in [1.54, 1.807) is 14.0 Å². The van der Waals surface area contributed by atoms with Gasteiger partial charge in [0, 0.05) is 26.8 Å². The minimum absolute atomic E-state index is 0.0597. The topological polar surface area (TPSA) is 31.2 Å². The quantitative estimate of drug-likeness (QED) is 0.623. The van der Waals surface area contributed by atoms with Crippen molar-refractivity contribution >= 4 is 32.6 Å². The average Bonchev–Trinajstić information content (AvgIpc) is 2.78. The van der Waals surface area contributed by atoms with Crippen LogP contribution in [0.5, 0.6) is 5.75 Å². The van der Waals surface area contributed by atoms with Gasteiger partial charge in [-0.25, -0.2) is 0 Å². The number of carbonyl (C=O) groups excluding carboxylic acids is 1. The summed E-state index contributed by atoms with van der Waals surface area (Å²) in [6, 6.07) is 13.9. The van der Waals surface area contributed by atoms with Crippen LogP contribution in [0.1, 0.15) is 23.0 Å². The Morgan fingerprint density at radius 2 is 1.95 bits per heavy atom. The Labute approximate surface area is 137 Å². The van der Waals surface area contributed by atoms with E-state index in [2.05, 4.69) is 20.5 Å². The molecular formula is C18H16BrNO2. The van der Waals surface area contributed by atoms with Crippen molar-refractivity contribution in [2.75, 3.05) is 7.11 Å². The molecular weight excluding hydrogens is 342 g/mol. The van der Waals surface area contributed by atoms with Gasteiger partial charge in [-0.3, -0.25) is 4.79 Å². The van der Waals surface area contributed by atoms with Gasteiger partial charge in [-0.15, -0.1) is 0 Å². The fourth-order valence-corrected chi connectivity index (χ4v) is 3.30. The third-order valence-electron chi connectivity index (χ3n) is 3.83. The van der Waals surface area contributed by atoms with Gasteiger partial charge < -0.3 is 9.30 Å². The number of aromatic nitrogens is 1. The smallest absolute Gasteiger partial charge is 0.162 e. The Kier molecular flexibility index (Phi) is 3.79. The van der Waals surface area contributed by atoms with Crippen LogP contribution in [0.15, 0.2) is 46.9 Å². The minimum Gasteiger partial charge on any atom is -0.497 e. The highest BCUT2D eigenvalue weighted by Gasteiger charge is 2.18. The molecule has 0 radical (unpaired) electrons. The molecule has 3 nitrogen and oxygen atoms in total. The summed E-state index contributed by atoms with van der Waals surface area (Å²) in [7, 11) is 1.63. The summed E-state index contributed by atoms with van der Waals surface area (Å²) in [6.45, 7) is 3.58. The molecule has 0 N–H and O–H groups in total. The molecule has 0 aliphatic carbocycles. The first kappa shape index (κ1) is 14.9. The molecule has 1 heterocycles. The zero-order chi connectivity index (χ0) is 15.9. The lowest BCUT2D eigenvalue weighted by Crippen LogP contribution is -1.99. The normalized spacial score (nSPS) is 10.9. The Morgan fingerprint density at radius 1 is 1.18 bits per heavy atom. The van der Waals surface area contributed by atoms with E-state index in [9.17, 15) is 4.79 Å². The summed E-state index contributed by atoms with van der Waals surface area (Å²) < 4.78 is 8.41. The van der Waals surface area contributed by atoms with E-state index in [0.29, 0.717) is 0 Å². The van der Waals surface area contributed by atoms with Gasteiger partial charge in [0.05, 0.1) is 12.6 Å². The SMILES string of the molecule is COc1ccc2c(c1)c(C(C)=O)c(C)n2-c1cccc(Br)c1. The maximum Gasteiger partial charge on any atom is 0.162 e. The largest absolute Gasteiger partial charge is 0.497 e. The van der Waals surface area contributed by atoms with Gasteiger partial charge in [0.1, 0.15) is 5.75 Å². The maximum atomic E-state index is 12.1. The number of Topliss-reactive ketones (excluding diaryl/α,β-unsaturated/α-hetero) is 1. The summed E-state index contributed by atoms with van der Waals surface area (Å²) in [5.74, 6) is 0.811. The number of ether oxygens (including phenoxy) is 1. The summed E-state index contributed by atoms with van der Waals surface area (Å²) in [5, 5.41) is 0.921. The molecule has 0 fully saturated rings. The molecule has 2 aromatic carbocycles. The maximum absolute atomic E-state index is 12.1. The van der Waals surface area contributed by atoms with Gasteiger partial charge >= 0.3 is 0 Å². The molecule has 0 aliphatic heterocycles. The first-order chi connectivity index (χ1) is 10.5. The Hall–Kier alpha value is -2.07. The van der Waals surface area contributed by atoms with Gasteiger partial charge in [-0.05, 0) is 50.2 Å². The predicted octanol–water partition coefficient (Wildman–Crippen LogP) is 4.91. The number of hydrogen-bond donors (Lipinski definition) is 0. The molecule has 3 rings (SSSR count). The van der Waals surface area contributed by atoms with Gasteiger partial charge in [-0.2, -0.15) is 0 Å². The Bertz CT molecular complexity index is 880. The van der Waals surface area contributed by atoms with Crippen LogP contribution in [0.25, 0.3) is 16.6 Å². The van der Waals surface area contributed by atoms with Crippen molar-refractivity contribution < 1.29 is 9.53 Å². The monoisotopic (exact) mass is 357 g/mol. The van der Waals surface area contributed by atoms with E-state index in [0.717, 1.165) is 38.1 Å². The number of benzene rings is 2. The second-order valence-corrected chi connectivity index (χ2v) is 6.13. The van der Waals surface area contributed by atoms with Crippen LogP contribution in [0, 0.1) is 6.92 Å². The number of halogens is 1. The zero-order valence-electron chi connectivity index (χ0n) is 12.7. The lowest BCUT2D eigenvalue weighted by atomic mass is 10.1. The average molecular weight is 358 g/mol. The standard InChI is InChI=1S/C18H16BrNO2/c1-11-18(12(2)21)16-10-15(22-3)7-8-17(16)20(11)14-6-4-5-13(19)9-14/h4-10H,1-3H3. The molecule has 3 aromatic rings. The predicted molar refractivity (Wildman–Crippen MR) is 92.3 cm³/mol. The van der Waals surface area contributed by atoms with E-state index in [-0.39, 0.29) is 5.78 Å². The third kappa shape index (κ3) is 2.33. The molecule has 0 amide bonds. The third-order valence-corrected chi connectivity index (χ3v) is 4.32. The fourth-order valence-electron chi connectivity index (χ4n) is 2.92. The number of rotatable bonds is 3. The molecule has 1 aromatic heterocycles. The van der Waals surface area contributed by atoms with Crippen molar-refractivity contribution in [3.63, 3.8) is 0 Å². The van der Waals surface area contributed by atoms with Gasteiger partial charge in [-0.1, -0.05) is 22.0 Å². The molecule has 0 atom stereocenters. The molecule has 0 spiro atoms. The summed E-state index contributed by atoms with van der Waals surface area (Å²) in [5.41, 5.74) is 3.71. The molecule has 22 heavy (non-hydrogen) atoms. The molecule has 0 saturated heterocycles. The molecule has 0 unspecified atom stereocenters. The summed E-state index contributed by atoms with van der Waals surface area (Å²) >= 11 is 3.51. The van der Waals surface area contributed by atoms with Crippen LogP contribution in [0.4, 0.5) is 0 Å².